The number of aryl methyl sites for hydroxylation is 1. The zero-order valence-electron chi connectivity index (χ0n) is 9.47. The summed E-state index contributed by atoms with van der Waals surface area (Å²) in [4.78, 5) is 21.4. The van der Waals surface area contributed by atoms with Gasteiger partial charge in [-0.2, -0.15) is 5.10 Å². The molecule has 7 nitrogen and oxygen atoms in total. The zero-order valence-corrected chi connectivity index (χ0v) is 10.2. The van der Waals surface area contributed by atoms with E-state index in [1.807, 2.05) is 0 Å². The van der Waals surface area contributed by atoms with Gasteiger partial charge in [-0.05, 0) is 13.3 Å². The highest BCUT2D eigenvalue weighted by atomic mass is 35.5. The van der Waals surface area contributed by atoms with Gasteiger partial charge in [-0.1, -0.05) is 18.5 Å². The van der Waals surface area contributed by atoms with Crippen LogP contribution in [0.5, 0.6) is 0 Å². The van der Waals surface area contributed by atoms with Crippen molar-refractivity contribution in [3.8, 4) is 0 Å². The largest absolute Gasteiger partial charge is 0.465 e. The van der Waals surface area contributed by atoms with Gasteiger partial charge in [0.2, 0.25) is 5.15 Å². The van der Waals surface area contributed by atoms with Crippen LogP contribution in [0.25, 0.3) is 0 Å². The first-order chi connectivity index (χ1) is 8.01. The molecule has 0 saturated heterocycles. The Balaban J connectivity index is 3.02. The maximum Gasteiger partial charge on any atom is 0.329 e. The summed E-state index contributed by atoms with van der Waals surface area (Å²) in [5.74, 6) is -0.533. The van der Waals surface area contributed by atoms with Crippen LogP contribution in [-0.2, 0) is 22.5 Å². The van der Waals surface area contributed by atoms with E-state index >= 15 is 0 Å². The smallest absolute Gasteiger partial charge is 0.329 e. The number of hydrogen-bond donors (Lipinski definition) is 0. The van der Waals surface area contributed by atoms with Crippen LogP contribution in [0, 0.1) is 10.1 Å². The Morgan fingerprint density at radius 1 is 1.59 bits per heavy atom. The van der Waals surface area contributed by atoms with Crippen molar-refractivity contribution in [1.29, 1.82) is 0 Å². The van der Waals surface area contributed by atoms with Gasteiger partial charge in [0, 0.05) is 0 Å². The predicted octanol–water partition coefficient (Wildman–Crippen LogP) is 1.57. The van der Waals surface area contributed by atoms with Gasteiger partial charge in [0.25, 0.3) is 0 Å². The van der Waals surface area contributed by atoms with E-state index in [0.717, 1.165) is 4.68 Å². The second kappa shape index (κ2) is 5.62. The number of nitrogens with zero attached hydrogens (tertiary/aromatic N) is 3. The molecule has 0 fully saturated rings. The second-order valence-corrected chi connectivity index (χ2v) is 3.52. The molecule has 0 spiro atoms. The molecule has 1 aromatic rings. The van der Waals surface area contributed by atoms with Crippen LogP contribution in [-0.4, -0.2) is 27.3 Å². The molecule has 1 rings (SSSR count). The number of hydrogen-bond acceptors (Lipinski definition) is 5. The lowest BCUT2D eigenvalue weighted by atomic mass is 10.3. The van der Waals surface area contributed by atoms with Crippen molar-refractivity contribution in [2.24, 2.45) is 0 Å². The number of rotatable bonds is 5. The fourth-order valence-corrected chi connectivity index (χ4v) is 1.61. The van der Waals surface area contributed by atoms with Gasteiger partial charge in [0.05, 0.1) is 11.5 Å². The summed E-state index contributed by atoms with van der Waals surface area (Å²) in [6.45, 7) is 3.40. The number of halogens is 1. The minimum absolute atomic E-state index is 0.153. The molecule has 0 unspecified atom stereocenters. The molecule has 0 aliphatic carbocycles. The van der Waals surface area contributed by atoms with Gasteiger partial charge >= 0.3 is 11.7 Å². The van der Waals surface area contributed by atoms with Crippen molar-refractivity contribution >= 4 is 23.3 Å². The van der Waals surface area contributed by atoms with Gasteiger partial charge in [-0.3, -0.25) is 14.9 Å². The fraction of sp³-hybridized carbons (Fsp3) is 0.556. The summed E-state index contributed by atoms with van der Waals surface area (Å²) in [6, 6.07) is 0. The average molecular weight is 262 g/mol. The highest BCUT2D eigenvalue weighted by molar-refractivity contribution is 6.31. The minimum atomic E-state index is -0.601. The molecule has 0 aliphatic rings. The molecule has 0 bridgehead atoms. The maximum absolute atomic E-state index is 11.2. The first-order valence-electron chi connectivity index (χ1n) is 5.06. The summed E-state index contributed by atoms with van der Waals surface area (Å²) in [5.41, 5.74) is 0.00256. The highest BCUT2D eigenvalue weighted by Gasteiger charge is 2.26. The number of carbonyl (C=O) groups is 1. The molecule has 0 atom stereocenters. The van der Waals surface area contributed by atoms with E-state index in [1.165, 1.54) is 0 Å². The van der Waals surface area contributed by atoms with Crippen LogP contribution in [0.2, 0.25) is 5.15 Å². The summed E-state index contributed by atoms with van der Waals surface area (Å²) < 4.78 is 5.80. The Hall–Kier alpha value is -1.63. The molecule has 1 aromatic heterocycles. The van der Waals surface area contributed by atoms with Crippen molar-refractivity contribution in [3.05, 3.63) is 21.0 Å². The Kier molecular flexibility index (Phi) is 4.45. The van der Waals surface area contributed by atoms with Gasteiger partial charge in [0.15, 0.2) is 0 Å². The summed E-state index contributed by atoms with van der Waals surface area (Å²) >= 11 is 5.80. The molecule has 94 valence electrons. The van der Waals surface area contributed by atoms with Gasteiger partial charge in [-0.15, -0.1) is 0 Å². The van der Waals surface area contributed by atoms with Crippen molar-refractivity contribution in [2.45, 2.75) is 26.8 Å². The molecule has 0 aromatic carbocycles. The summed E-state index contributed by atoms with van der Waals surface area (Å²) in [5, 5.41) is 14.5. The topological polar surface area (TPSA) is 87.3 Å². The van der Waals surface area contributed by atoms with Crippen LogP contribution in [0.1, 0.15) is 19.5 Å². The Bertz CT molecular complexity index is 444. The molecular weight excluding hydrogens is 250 g/mol. The van der Waals surface area contributed by atoms with Gasteiger partial charge < -0.3 is 4.74 Å². The quantitative estimate of drug-likeness (QED) is 0.456. The molecule has 0 radical (unpaired) electrons. The molecule has 0 N–H and O–H groups in total. The summed E-state index contributed by atoms with van der Waals surface area (Å²) in [6.07, 6.45) is 0.367. The van der Waals surface area contributed by atoms with Crippen molar-refractivity contribution in [2.75, 3.05) is 6.61 Å². The van der Waals surface area contributed by atoms with Crippen molar-refractivity contribution < 1.29 is 14.5 Å². The normalized spacial score (nSPS) is 10.3. The Labute approximate surface area is 102 Å². The number of aromatic nitrogens is 2. The SMILES string of the molecule is CCOC(=O)Cn1nc(CC)c([N+](=O)[O-])c1Cl. The maximum atomic E-state index is 11.2. The molecule has 17 heavy (non-hydrogen) atoms. The molecule has 0 saturated carbocycles. The van der Waals surface area contributed by atoms with Crippen molar-refractivity contribution in [3.63, 3.8) is 0 Å². The van der Waals surface area contributed by atoms with Crippen LogP contribution in [0.4, 0.5) is 5.69 Å². The van der Waals surface area contributed by atoms with Crippen LogP contribution < -0.4 is 0 Å². The number of nitro groups is 1. The molecule has 0 aliphatic heterocycles. The van der Waals surface area contributed by atoms with Crippen LogP contribution in [0.3, 0.4) is 0 Å². The lowest BCUT2D eigenvalue weighted by Gasteiger charge is -2.01. The van der Waals surface area contributed by atoms with Gasteiger partial charge in [0.1, 0.15) is 12.2 Å². The highest BCUT2D eigenvalue weighted by Crippen LogP contribution is 2.28. The number of ether oxygens (including phenoxy) is 1. The van der Waals surface area contributed by atoms with E-state index in [1.54, 1.807) is 13.8 Å². The van der Waals surface area contributed by atoms with E-state index in [4.69, 9.17) is 16.3 Å². The second-order valence-electron chi connectivity index (χ2n) is 3.16. The Morgan fingerprint density at radius 3 is 2.65 bits per heavy atom. The molecule has 1 heterocycles. The van der Waals surface area contributed by atoms with E-state index in [2.05, 4.69) is 5.10 Å². The van der Waals surface area contributed by atoms with Crippen LogP contribution >= 0.6 is 11.6 Å². The third kappa shape index (κ3) is 2.94. The van der Waals surface area contributed by atoms with E-state index in [-0.39, 0.29) is 29.7 Å². The predicted molar refractivity (Wildman–Crippen MR) is 59.9 cm³/mol. The van der Waals surface area contributed by atoms with Crippen LogP contribution in [0.15, 0.2) is 0 Å². The first kappa shape index (κ1) is 13.4. The monoisotopic (exact) mass is 261 g/mol. The van der Waals surface area contributed by atoms with E-state index in [0.29, 0.717) is 6.42 Å². The fourth-order valence-electron chi connectivity index (χ4n) is 1.33. The first-order valence-corrected chi connectivity index (χ1v) is 5.44. The minimum Gasteiger partial charge on any atom is -0.465 e. The summed E-state index contributed by atoms with van der Waals surface area (Å²) in [7, 11) is 0. The standard InChI is InChI=1S/C9H12ClN3O4/c1-3-6-8(13(15)16)9(10)12(11-6)5-7(14)17-4-2/h3-5H2,1-2H3. The van der Waals surface area contributed by atoms with Crippen molar-refractivity contribution in [1.82, 2.24) is 9.78 Å². The Morgan fingerprint density at radius 2 is 2.24 bits per heavy atom. The lowest BCUT2D eigenvalue weighted by molar-refractivity contribution is -0.385. The van der Waals surface area contributed by atoms with E-state index in [9.17, 15) is 14.9 Å². The third-order valence-corrected chi connectivity index (χ3v) is 2.41. The van der Waals surface area contributed by atoms with Gasteiger partial charge in [-0.25, -0.2) is 4.68 Å². The molecule has 8 heteroatoms. The number of esters is 1. The average Bonchev–Trinajstić information content (AvgIpc) is 2.56. The van der Waals surface area contributed by atoms with E-state index < -0.39 is 10.9 Å². The molecular formula is C9H12ClN3O4. The number of carbonyl (C=O) groups excluding carboxylic acids is 1. The third-order valence-electron chi connectivity index (χ3n) is 2.04. The zero-order chi connectivity index (χ0) is 13.0. The lowest BCUT2D eigenvalue weighted by Crippen LogP contribution is -2.14. The molecule has 0 amide bonds.